The smallest absolute Gasteiger partial charge is 0.243 e. The van der Waals surface area contributed by atoms with E-state index in [1.54, 1.807) is 0 Å². The second-order valence-corrected chi connectivity index (χ2v) is 7.39. The maximum Gasteiger partial charge on any atom is 0.243 e. The van der Waals surface area contributed by atoms with Crippen LogP contribution in [0.2, 0.25) is 5.02 Å². The Kier molecular flexibility index (Phi) is 4.06. The first-order valence-electron chi connectivity index (χ1n) is 7.70. The molecule has 1 aromatic heterocycles. The van der Waals surface area contributed by atoms with Gasteiger partial charge in [0.25, 0.3) is 0 Å². The van der Waals surface area contributed by atoms with Crippen molar-refractivity contribution < 1.29 is 4.79 Å². The number of anilines is 1. The number of hydrogen-bond donors (Lipinski definition) is 3. The zero-order chi connectivity index (χ0) is 16.6. The molecule has 0 radical (unpaired) electrons. The Balaban J connectivity index is 1.58. The van der Waals surface area contributed by atoms with Gasteiger partial charge in [-0.3, -0.25) is 9.89 Å². The van der Waals surface area contributed by atoms with Crippen LogP contribution in [-0.2, 0) is 23.2 Å². The van der Waals surface area contributed by atoms with Crippen molar-refractivity contribution in [2.24, 2.45) is 0 Å². The van der Waals surface area contributed by atoms with E-state index in [0.717, 1.165) is 22.6 Å². The Bertz CT molecular complexity index is 732. The fourth-order valence-electron chi connectivity index (χ4n) is 2.63. The standard InChI is InChI=1S/C17H21ClN4O/c1-17(2,3)15-8-12(21-22-15)9-19-16(23)14-7-10-6-11(18)4-5-13(10)20-14/h4-6,8,14,20H,7,9H2,1-3H3,(H,19,23)(H,21,22)/t14-/m0/s1. The molecule has 5 nitrogen and oxygen atoms in total. The first-order valence-corrected chi connectivity index (χ1v) is 8.08. The van der Waals surface area contributed by atoms with Crippen molar-refractivity contribution in [1.29, 1.82) is 0 Å². The van der Waals surface area contributed by atoms with Crippen LogP contribution in [0.5, 0.6) is 0 Å². The fourth-order valence-corrected chi connectivity index (χ4v) is 2.83. The van der Waals surface area contributed by atoms with Gasteiger partial charge in [0.15, 0.2) is 0 Å². The van der Waals surface area contributed by atoms with Crippen LogP contribution in [0.15, 0.2) is 24.3 Å². The number of H-pyrrole nitrogens is 1. The number of amides is 1. The number of hydrogen-bond acceptors (Lipinski definition) is 3. The van der Waals surface area contributed by atoms with Gasteiger partial charge in [0, 0.05) is 22.5 Å². The lowest BCUT2D eigenvalue weighted by molar-refractivity contribution is -0.121. The van der Waals surface area contributed by atoms with Crippen LogP contribution < -0.4 is 10.6 Å². The summed E-state index contributed by atoms with van der Waals surface area (Å²) >= 11 is 5.99. The number of aromatic nitrogens is 2. The molecule has 1 aliphatic rings. The van der Waals surface area contributed by atoms with Crippen LogP contribution in [0.4, 0.5) is 5.69 Å². The molecule has 23 heavy (non-hydrogen) atoms. The van der Waals surface area contributed by atoms with Gasteiger partial charge in [-0.15, -0.1) is 0 Å². The van der Waals surface area contributed by atoms with Crippen LogP contribution in [0, 0.1) is 0 Å². The Morgan fingerprint density at radius 1 is 1.39 bits per heavy atom. The molecule has 0 spiro atoms. The number of carbonyl (C=O) groups is 1. The number of nitrogens with zero attached hydrogens (tertiary/aromatic N) is 1. The van der Waals surface area contributed by atoms with E-state index in [4.69, 9.17) is 11.6 Å². The second kappa shape index (κ2) is 5.89. The molecule has 3 N–H and O–H groups in total. The van der Waals surface area contributed by atoms with Gasteiger partial charge in [0.1, 0.15) is 6.04 Å². The highest BCUT2D eigenvalue weighted by atomic mass is 35.5. The Morgan fingerprint density at radius 3 is 2.87 bits per heavy atom. The lowest BCUT2D eigenvalue weighted by Crippen LogP contribution is -2.38. The third-order valence-corrected chi connectivity index (χ3v) is 4.23. The molecule has 1 atom stereocenters. The number of fused-ring (bicyclic) bond motifs is 1. The van der Waals surface area contributed by atoms with Gasteiger partial charge >= 0.3 is 0 Å². The number of aromatic amines is 1. The minimum atomic E-state index is -0.256. The molecule has 0 fully saturated rings. The molecule has 1 amide bonds. The Hall–Kier alpha value is -2.01. The highest BCUT2D eigenvalue weighted by molar-refractivity contribution is 6.30. The largest absolute Gasteiger partial charge is 0.373 e. The van der Waals surface area contributed by atoms with E-state index in [0.29, 0.717) is 18.0 Å². The second-order valence-electron chi connectivity index (χ2n) is 6.95. The molecular weight excluding hydrogens is 312 g/mol. The highest BCUT2D eigenvalue weighted by Gasteiger charge is 2.26. The van der Waals surface area contributed by atoms with Crippen molar-refractivity contribution in [3.8, 4) is 0 Å². The third kappa shape index (κ3) is 3.50. The number of carbonyl (C=O) groups excluding carboxylic acids is 1. The molecule has 2 aromatic rings. The maximum atomic E-state index is 12.3. The summed E-state index contributed by atoms with van der Waals surface area (Å²) in [6, 6.07) is 7.38. The lowest BCUT2D eigenvalue weighted by atomic mass is 9.92. The third-order valence-electron chi connectivity index (χ3n) is 3.99. The van der Waals surface area contributed by atoms with Crippen LogP contribution in [0.3, 0.4) is 0 Å². The van der Waals surface area contributed by atoms with Gasteiger partial charge in [-0.25, -0.2) is 0 Å². The summed E-state index contributed by atoms with van der Waals surface area (Å²) in [7, 11) is 0. The molecule has 0 aliphatic carbocycles. The number of benzene rings is 1. The summed E-state index contributed by atoms with van der Waals surface area (Å²) < 4.78 is 0. The molecule has 122 valence electrons. The van der Waals surface area contributed by atoms with Crippen molar-refractivity contribution >= 4 is 23.2 Å². The predicted molar refractivity (Wildman–Crippen MR) is 91.7 cm³/mol. The van der Waals surface area contributed by atoms with E-state index in [2.05, 4.69) is 41.6 Å². The fraction of sp³-hybridized carbons (Fsp3) is 0.412. The first kappa shape index (κ1) is 15.9. The normalized spacial score (nSPS) is 16.8. The minimum Gasteiger partial charge on any atom is -0.373 e. The number of nitrogens with one attached hydrogen (secondary N) is 3. The monoisotopic (exact) mass is 332 g/mol. The van der Waals surface area contributed by atoms with Gasteiger partial charge < -0.3 is 10.6 Å². The van der Waals surface area contributed by atoms with Crippen molar-refractivity contribution in [3.05, 3.63) is 46.2 Å². The van der Waals surface area contributed by atoms with Crippen LogP contribution in [0.25, 0.3) is 0 Å². The van der Waals surface area contributed by atoms with E-state index in [1.807, 2.05) is 24.3 Å². The molecule has 0 saturated carbocycles. The molecule has 0 unspecified atom stereocenters. The Labute approximate surface area is 140 Å². The first-order chi connectivity index (χ1) is 10.8. The van der Waals surface area contributed by atoms with Crippen LogP contribution in [-0.4, -0.2) is 22.1 Å². The summed E-state index contributed by atoms with van der Waals surface area (Å²) in [5, 5.41) is 14.2. The summed E-state index contributed by atoms with van der Waals surface area (Å²) in [5.41, 5.74) is 3.94. The van der Waals surface area contributed by atoms with Crippen molar-refractivity contribution in [3.63, 3.8) is 0 Å². The van der Waals surface area contributed by atoms with Gasteiger partial charge in [0.2, 0.25) is 5.91 Å². The predicted octanol–water partition coefficient (Wildman–Crippen LogP) is 3.01. The maximum absolute atomic E-state index is 12.3. The summed E-state index contributed by atoms with van der Waals surface area (Å²) in [5.74, 6) is -0.0239. The van der Waals surface area contributed by atoms with Gasteiger partial charge in [-0.1, -0.05) is 32.4 Å². The van der Waals surface area contributed by atoms with Crippen LogP contribution >= 0.6 is 11.6 Å². The molecule has 0 bridgehead atoms. The zero-order valence-electron chi connectivity index (χ0n) is 13.5. The van der Waals surface area contributed by atoms with Crippen molar-refractivity contribution in [2.75, 3.05) is 5.32 Å². The topological polar surface area (TPSA) is 69.8 Å². The lowest BCUT2D eigenvalue weighted by Gasteiger charge is -2.13. The number of rotatable bonds is 3. The molecule has 0 saturated heterocycles. The van der Waals surface area contributed by atoms with Gasteiger partial charge in [-0.2, -0.15) is 5.10 Å². The summed E-state index contributed by atoms with van der Waals surface area (Å²) in [6.07, 6.45) is 0.651. The average Bonchev–Trinajstić information content (AvgIpc) is 3.10. The molecule has 6 heteroatoms. The zero-order valence-corrected chi connectivity index (χ0v) is 14.3. The average molecular weight is 333 g/mol. The summed E-state index contributed by atoms with van der Waals surface area (Å²) in [4.78, 5) is 12.3. The van der Waals surface area contributed by atoms with E-state index in [-0.39, 0.29) is 17.4 Å². The molecule has 3 rings (SSSR count). The molecule has 1 aliphatic heterocycles. The number of halogens is 1. The highest BCUT2D eigenvalue weighted by Crippen LogP contribution is 2.28. The van der Waals surface area contributed by atoms with Crippen molar-refractivity contribution in [2.45, 2.75) is 45.2 Å². The van der Waals surface area contributed by atoms with Crippen LogP contribution in [0.1, 0.15) is 37.7 Å². The summed E-state index contributed by atoms with van der Waals surface area (Å²) in [6.45, 7) is 6.76. The minimum absolute atomic E-state index is 0.00726. The van der Waals surface area contributed by atoms with Gasteiger partial charge in [-0.05, 0) is 29.8 Å². The Morgan fingerprint density at radius 2 is 2.17 bits per heavy atom. The molecule has 1 aromatic carbocycles. The van der Waals surface area contributed by atoms with Gasteiger partial charge in [0.05, 0.1) is 17.9 Å². The van der Waals surface area contributed by atoms with E-state index in [1.165, 1.54) is 0 Å². The van der Waals surface area contributed by atoms with Crippen molar-refractivity contribution in [1.82, 2.24) is 15.5 Å². The van der Waals surface area contributed by atoms with E-state index >= 15 is 0 Å². The van der Waals surface area contributed by atoms with E-state index < -0.39 is 0 Å². The van der Waals surface area contributed by atoms with E-state index in [9.17, 15) is 4.79 Å². The molecular formula is C17H21ClN4O. The molecule has 2 heterocycles. The SMILES string of the molecule is CC(C)(C)c1cc(CNC(=O)[C@@H]2Cc3cc(Cl)ccc3N2)[nH]n1. The quantitative estimate of drug-likeness (QED) is 0.809.